The molecule has 1 aliphatic carbocycles. The lowest BCUT2D eigenvalue weighted by molar-refractivity contribution is 0.0730. The molecular weight excluding hydrogens is 379 g/mol. The van der Waals surface area contributed by atoms with Gasteiger partial charge >= 0.3 is 0 Å². The molecule has 148 valence electrons. The lowest BCUT2D eigenvalue weighted by atomic mass is 10.1. The second-order valence-electron chi connectivity index (χ2n) is 7.43. The van der Waals surface area contributed by atoms with E-state index >= 15 is 0 Å². The van der Waals surface area contributed by atoms with Gasteiger partial charge in [0.1, 0.15) is 5.82 Å². The van der Waals surface area contributed by atoms with Gasteiger partial charge in [-0.2, -0.15) is 4.31 Å². The average molecular weight is 402 g/mol. The van der Waals surface area contributed by atoms with Gasteiger partial charge in [0.25, 0.3) is 5.91 Å². The molecule has 1 amide bonds. The lowest BCUT2D eigenvalue weighted by Crippen LogP contribution is -2.32. The topological polar surface area (TPSA) is 57.7 Å². The molecule has 1 saturated heterocycles. The predicted octanol–water partition coefficient (Wildman–Crippen LogP) is 3.42. The third kappa shape index (κ3) is 3.95. The summed E-state index contributed by atoms with van der Waals surface area (Å²) in [7, 11) is -3.49. The molecule has 1 heterocycles. The number of hydrogen-bond donors (Lipinski definition) is 0. The Labute approximate surface area is 164 Å². The van der Waals surface area contributed by atoms with Gasteiger partial charge in [-0.3, -0.25) is 4.79 Å². The molecule has 1 saturated carbocycles. The van der Waals surface area contributed by atoms with Crippen molar-refractivity contribution >= 4 is 15.9 Å². The SMILES string of the molecule is O=C(c1ccc(S(=O)(=O)N2CCCC2)cc1)N(Cc1ccc(F)cc1)C1CC1. The van der Waals surface area contributed by atoms with Crippen molar-refractivity contribution in [2.75, 3.05) is 13.1 Å². The molecule has 2 aliphatic rings. The molecule has 7 heteroatoms. The molecule has 0 spiro atoms. The molecule has 0 radical (unpaired) electrons. The Morgan fingerprint density at radius 3 is 2.18 bits per heavy atom. The number of amides is 1. The third-order valence-corrected chi connectivity index (χ3v) is 7.23. The summed E-state index contributed by atoms with van der Waals surface area (Å²) in [6.07, 6.45) is 3.67. The van der Waals surface area contributed by atoms with Gasteiger partial charge in [0, 0.05) is 31.2 Å². The van der Waals surface area contributed by atoms with Crippen LogP contribution in [0, 0.1) is 5.82 Å². The van der Waals surface area contributed by atoms with Crippen molar-refractivity contribution in [3.05, 3.63) is 65.5 Å². The summed E-state index contributed by atoms with van der Waals surface area (Å²) in [6, 6.07) is 12.6. The summed E-state index contributed by atoms with van der Waals surface area (Å²) in [5, 5.41) is 0. The molecule has 5 nitrogen and oxygen atoms in total. The highest BCUT2D eigenvalue weighted by atomic mass is 32.2. The van der Waals surface area contributed by atoms with Gasteiger partial charge in [-0.15, -0.1) is 0 Å². The average Bonchev–Trinajstić information content (AvgIpc) is 3.38. The molecule has 2 fully saturated rings. The fourth-order valence-corrected chi connectivity index (χ4v) is 5.07. The van der Waals surface area contributed by atoms with Crippen LogP contribution in [0.5, 0.6) is 0 Å². The number of carbonyl (C=O) groups is 1. The Bertz CT molecular complexity index is 948. The predicted molar refractivity (Wildman–Crippen MR) is 104 cm³/mol. The van der Waals surface area contributed by atoms with Crippen LogP contribution in [0.2, 0.25) is 0 Å². The number of nitrogens with zero attached hydrogens (tertiary/aromatic N) is 2. The van der Waals surface area contributed by atoms with Crippen molar-refractivity contribution in [2.24, 2.45) is 0 Å². The first-order chi connectivity index (χ1) is 13.4. The van der Waals surface area contributed by atoms with Crippen LogP contribution in [-0.2, 0) is 16.6 Å². The van der Waals surface area contributed by atoms with Gasteiger partial charge < -0.3 is 4.90 Å². The standard InChI is InChI=1S/C21H23FN2O3S/c22-18-7-3-16(4-8-18)15-24(19-9-10-19)21(25)17-5-11-20(12-6-17)28(26,27)23-13-1-2-14-23/h3-8,11-12,19H,1-2,9-10,13-15H2. The van der Waals surface area contributed by atoms with Crippen molar-refractivity contribution in [1.29, 1.82) is 0 Å². The summed E-state index contributed by atoms with van der Waals surface area (Å²) < 4.78 is 39.9. The van der Waals surface area contributed by atoms with E-state index in [2.05, 4.69) is 0 Å². The highest BCUT2D eigenvalue weighted by Gasteiger charge is 2.33. The van der Waals surface area contributed by atoms with Crippen molar-refractivity contribution in [3.8, 4) is 0 Å². The highest BCUT2D eigenvalue weighted by Crippen LogP contribution is 2.30. The fraction of sp³-hybridized carbons (Fsp3) is 0.381. The normalized spacial score (nSPS) is 17.6. The number of benzene rings is 2. The zero-order valence-electron chi connectivity index (χ0n) is 15.6. The third-order valence-electron chi connectivity index (χ3n) is 5.32. The highest BCUT2D eigenvalue weighted by molar-refractivity contribution is 7.89. The molecule has 0 atom stereocenters. The van der Waals surface area contributed by atoms with Crippen molar-refractivity contribution in [3.63, 3.8) is 0 Å². The molecule has 0 unspecified atom stereocenters. The number of sulfonamides is 1. The molecule has 0 aromatic heterocycles. The summed E-state index contributed by atoms with van der Waals surface area (Å²) in [5.74, 6) is -0.431. The van der Waals surface area contributed by atoms with E-state index in [1.54, 1.807) is 29.2 Å². The molecule has 0 N–H and O–H groups in total. The Hall–Kier alpha value is -2.25. The second kappa shape index (κ2) is 7.64. The van der Waals surface area contributed by atoms with E-state index in [-0.39, 0.29) is 22.7 Å². The van der Waals surface area contributed by atoms with Gasteiger partial charge in [0.2, 0.25) is 10.0 Å². The Morgan fingerprint density at radius 1 is 1.00 bits per heavy atom. The minimum absolute atomic E-state index is 0.128. The van der Waals surface area contributed by atoms with Crippen LogP contribution in [0.15, 0.2) is 53.4 Å². The maximum atomic E-state index is 13.1. The largest absolute Gasteiger partial charge is 0.331 e. The summed E-state index contributed by atoms with van der Waals surface area (Å²) in [5.41, 5.74) is 1.34. The molecule has 28 heavy (non-hydrogen) atoms. The summed E-state index contributed by atoms with van der Waals surface area (Å²) >= 11 is 0. The molecule has 4 rings (SSSR count). The maximum absolute atomic E-state index is 13.1. The zero-order chi connectivity index (χ0) is 19.7. The molecule has 2 aromatic carbocycles. The van der Waals surface area contributed by atoms with E-state index in [1.807, 2.05) is 0 Å². The van der Waals surface area contributed by atoms with E-state index in [1.165, 1.54) is 28.6 Å². The van der Waals surface area contributed by atoms with Crippen LogP contribution in [0.25, 0.3) is 0 Å². The monoisotopic (exact) mass is 402 g/mol. The Balaban J connectivity index is 1.52. The van der Waals surface area contributed by atoms with E-state index < -0.39 is 10.0 Å². The number of halogens is 1. The quantitative estimate of drug-likeness (QED) is 0.744. The van der Waals surface area contributed by atoms with Crippen LogP contribution < -0.4 is 0 Å². The van der Waals surface area contributed by atoms with Crippen LogP contribution in [0.4, 0.5) is 4.39 Å². The number of hydrogen-bond acceptors (Lipinski definition) is 3. The van der Waals surface area contributed by atoms with Gasteiger partial charge in [0.15, 0.2) is 0 Å². The van der Waals surface area contributed by atoms with Gasteiger partial charge in [-0.1, -0.05) is 12.1 Å². The van der Waals surface area contributed by atoms with Crippen LogP contribution in [0.1, 0.15) is 41.6 Å². The molecule has 2 aromatic rings. The van der Waals surface area contributed by atoms with Crippen LogP contribution >= 0.6 is 0 Å². The lowest BCUT2D eigenvalue weighted by Gasteiger charge is -2.23. The van der Waals surface area contributed by atoms with E-state index in [0.29, 0.717) is 25.2 Å². The first-order valence-electron chi connectivity index (χ1n) is 9.61. The number of rotatable bonds is 6. The first-order valence-corrected chi connectivity index (χ1v) is 11.0. The minimum atomic E-state index is -3.49. The minimum Gasteiger partial charge on any atom is -0.331 e. The van der Waals surface area contributed by atoms with Crippen molar-refractivity contribution in [2.45, 2.75) is 43.2 Å². The van der Waals surface area contributed by atoms with E-state index in [9.17, 15) is 17.6 Å². The van der Waals surface area contributed by atoms with Crippen LogP contribution in [-0.4, -0.2) is 42.7 Å². The van der Waals surface area contributed by atoms with Crippen molar-refractivity contribution in [1.82, 2.24) is 9.21 Å². The zero-order valence-corrected chi connectivity index (χ0v) is 16.4. The molecule has 1 aliphatic heterocycles. The summed E-state index contributed by atoms with van der Waals surface area (Å²) in [6.45, 7) is 1.52. The summed E-state index contributed by atoms with van der Waals surface area (Å²) in [4.78, 5) is 15.0. The fourth-order valence-electron chi connectivity index (χ4n) is 3.55. The Morgan fingerprint density at radius 2 is 1.61 bits per heavy atom. The van der Waals surface area contributed by atoms with Gasteiger partial charge in [-0.05, 0) is 67.6 Å². The number of carbonyl (C=O) groups excluding carboxylic acids is 1. The molecular formula is C21H23FN2O3S. The van der Waals surface area contributed by atoms with E-state index in [0.717, 1.165) is 31.2 Å². The van der Waals surface area contributed by atoms with Crippen molar-refractivity contribution < 1.29 is 17.6 Å². The smallest absolute Gasteiger partial charge is 0.254 e. The van der Waals surface area contributed by atoms with E-state index in [4.69, 9.17) is 0 Å². The maximum Gasteiger partial charge on any atom is 0.254 e. The van der Waals surface area contributed by atoms with Gasteiger partial charge in [-0.25, -0.2) is 12.8 Å². The molecule has 0 bridgehead atoms. The van der Waals surface area contributed by atoms with Gasteiger partial charge in [0.05, 0.1) is 4.90 Å². The first kappa shape index (κ1) is 19.1. The second-order valence-corrected chi connectivity index (χ2v) is 9.36. The van der Waals surface area contributed by atoms with Crippen LogP contribution in [0.3, 0.4) is 0 Å². The Kier molecular flexibility index (Phi) is 5.21.